The minimum absolute atomic E-state index is 0.438. The monoisotopic (exact) mass is 343 g/mol. The molecule has 0 saturated heterocycles. The van der Waals surface area contributed by atoms with Crippen LogP contribution >= 0.6 is 15.9 Å². The van der Waals surface area contributed by atoms with Crippen LogP contribution in [0.3, 0.4) is 0 Å². The van der Waals surface area contributed by atoms with Gasteiger partial charge in [0.15, 0.2) is 0 Å². The van der Waals surface area contributed by atoms with Gasteiger partial charge in [-0.05, 0) is 49.1 Å². The molecule has 1 aromatic carbocycles. The zero-order chi connectivity index (χ0) is 15.0. The molecule has 0 aliphatic heterocycles. The summed E-state index contributed by atoms with van der Waals surface area (Å²) in [5.74, 6) is 1.50. The van der Waals surface area contributed by atoms with Gasteiger partial charge < -0.3 is 14.8 Å². The Bertz CT molecular complexity index is 398. The van der Waals surface area contributed by atoms with Crippen LogP contribution in [-0.4, -0.2) is 33.4 Å². The van der Waals surface area contributed by atoms with Crippen molar-refractivity contribution < 1.29 is 9.47 Å². The molecule has 0 aliphatic carbocycles. The maximum Gasteiger partial charge on any atom is 0.122 e. The van der Waals surface area contributed by atoms with Crippen molar-refractivity contribution in [2.75, 3.05) is 27.4 Å². The Labute approximate surface area is 131 Å². The van der Waals surface area contributed by atoms with E-state index in [1.54, 1.807) is 14.2 Å². The summed E-state index contributed by atoms with van der Waals surface area (Å²) in [6.07, 6.45) is 2.06. The van der Waals surface area contributed by atoms with Crippen LogP contribution in [0.5, 0.6) is 5.75 Å². The summed E-state index contributed by atoms with van der Waals surface area (Å²) in [4.78, 5) is 0. The summed E-state index contributed by atoms with van der Waals surface area (Å²) in [5.41, 5.74) is 1.23. The summed E-state index contributed by atoms with van der Waals surface area (Å²) < 4.78 is 11.8. The number of hydrogen-bond donors (Lipinski definition) is 1. The van der Waals surface area contributed by atoms with Gasteiger partial charge in [-0.1, -0.05) is 29.8 Å². The number of methoxy groups -OCH3 is 2. The molecule has 2 atom stereocenters. The van der Waals surface area contributed by atoms with Crippen LogP contribution in [0, 0.1) is 5.92 Å². The summed E-state index contributed by atoms with van der Waals surface area (Å²) in [6, 6.07) is 6.61. The molecule has 1 aromatic rings. The fraction of sp³-hybridized carbons (Fsp3) is 0.625. The van der Waals surface area contributed by atoms with Crippen molar-refractivity contribution in [3.05, 3.63) is 28.2 Å². The van der Waals surface area contributed by atoms with Crippen LogP contribution in [-0.2, 0) is 11.2 Å². The molecule has 114 valence electrons. The Morgan fingerprint density at radius 3 is 2.65 bits per heavy atom. The van der Waals surface area contributed by atoms with Crippen LogP contribution in [0.4, 0.5) is 0 Å². The van der Waals surface area contributed by atoms with Crippen molar-refractivity contribution in [1.82, 2.24) is 5.32 Å². The lowest BCUT2D eigenvalue weighted by molar-refractivity contribution is 0.149. The molecule has 0 radical (unpaired) electrons. The first kappa shape index (κ1) is 17.5. The molecule has 20 heavy (non-hydrogen) atoms. The first-order valence-corrected chi connectivity index (χ1v) is 7.94. The lowest BCUT2D eigenvalue weighted by Gasteiger charge is -2.22. The highest BCUT2D eigenvalue weighted by molar-refractivity contribution is 9.10. The van der Waals surface area contributed by atoms with Crippen molar-refractivity contribution in [3.63, 3.8) is 0 Å². The van der Waals surface area contributed by atoms with Gasteiger partial charge in [0.25, 0.3) is 0 Å². The third kappa shape index (κ3) is 5.81. The second-order valence-electron chi connectivity index (χ2n) is 5.21. The zero-order valence-electron chi connectivity index (χ0n) is 12.9. The van der Waals surface area contributed by atoms with E-state index >= 15 is 0 Å². The molecule has 1 rings (SSSR count). The SMILES string of the molecule is CCNC(Cc1cc(Br)ccc1OC)CC(C)COC. The second kappa shape index (κ2) is 9.37. The Morgan fingerprint density at radius 1 is 1.30 bits per heavy atom. The van der Waals surface area contributed by atoms with E-state index < -0.39 is 0 Å². The predicted octanol–water partition coefficient (Wildman–Crippen LogP) is 3.65. The van der Waals surface area contributed by atoms with Gasteiger partial charge in [0.2, 0.25) is 0 Å². The second-order valence-corrected chi connectivity index (χ2v) is 6.13. The summed E-state index contributed by atoms with van der Waals surface area (Å²) in [6.45, 7) is 6.15. The average Bonchev–Trinajstić information content (AvgIpc) is 2.39. The van der Waals surface area contributed by atoms with Crippen molar-refractivity contribution >= 4 is 15.9 Å². The van der Waals surface area contributed by atoms with Gasteiger partial charge in [0.1, 0.15) is 5.75 Å². The standard InChI is InChI=1S/C16H26BrNO2/c1-5-18-15(8-12(2)11-19-3)10-13-9-14(17)6-7-16(13)20-4/h6-7,9,12,15,18H,5,8,10-11H2,1-4H3. The summed E-state index contributed by atoms with van der Waals surface area (Å²) >= 11 is 3.53. The number of nitrogens with one attached hydrogen (secondary N) is 1. The Morgan fingerprint density at radius 2 is 2.05 bits per heavy atom. The van der Waals surface area contributed by atoms with Crippen LogP contribution in [0.1, 0.15) is 25.8 Å². The maximum atomic E-state index is 5.46. The van der Waals surface area contributed by atoms with Gasteiger partial charge in [-0.25, -0.2) is 0 Å². The molecular weight excluding hydrogens is 318 g/mol. The van der Waals surface area contributed by atoms with Gasteiger partial charge >= 0.3 is 0 Å². The first-order chi connectivity index (χ1) is 9.60. The van der Waals surface area contributed by atoms with E-state index in [0.717, 1.165) is 36.2 Å². The van der Waals surface area contributed by atoms with E-state index in [-0.39, 0.29) is 0 Å². The fourth-order valence-electron chi connectivity index (χ4n) is 2.54. The van der Waals surface area contributed by atoms with Gasteiger partial charge in [0.05, 0.1) is 7.11 Å². The van der Waals surface area contributed by atoms with Crippen LogP contribution in [0.15, 0.2) is 22.7 Å². The lowest BCUT2D eigenvalue weighted by Crippen LogP contribution is -2.33. The highest BCUT2D eigenvalue weighted by Crippen LogP contribution is 2.25. The van der Waals surface area contributed by atoms with Crippen molar-refractivity contribution in [3.8, 4) is 5.75 Å². The van der Waals surface area contributed by atoms with E-state index in [1.807, 2.05) is 12.1 Å². The quantitative estimate of drug-likeness (QED) is 0.742. The molecule has 2 unspecified atom stereocenters. The van der Waals surface area contributed by atoms with Crippen molar-refractivity contribution in [1.29, 1.82) is 0 Å². The predicted molar refractivity (Wildman–Crippen MR) is 87.5 cm³/mol. The molecule has 0 fully saturated rings. The third-order valence-electron chi connectivity index (χ3n) is 3.34. The molecule has 1 N–H and O–H groups in total. The molecule has 0 amide bonds. The van der Waals surface area contributed by atoms with E-state index in [1.165, 1.54) is 5.56 Å². The maximum absolute atomic E-state index is 5.46. The van der Waals surface area contributed by atoms with Gasteiger partial charge in [-0.2, -0.15) is 0 Å². The fourth-order valence-corrected chi connectivity index (χ4v) is 2.95. The molecule has 3 nitrogen and oxygen atoms in total. The minimum atomic E-state index is 0.438. The Balaban J connectivity index is 2.76. The van der Waals surface area contributed by atoms with E-state index in [0.29, 0.717) is 12.0 Å². The number of ether oxygens (including phenoxy) is 2. The third-order valence-corrected chi connectivity index (χ3v) is 3.83. The molecule has 0 aromatic heterocycles. The van der Waals surface area contributed by atoms with E-state index in [9.17, 15) is 0 Å². The van der Waals surface area contributed by atoms with Crippen molar-refractivity contribution in [2.24, 2.45) is 5.92 Å². The van der Waals surface area contributed by atoms with Gasteiger partial charge in [0, 0.05) is 24.2 Å². The summed E-state index contributed by atoms with van der Waals surface area (Å²) in [7, 11) is 3.48. The molecule has 0 bridgehead atoms. The number of hydrogen-bond acceptors (Lipinski definition) is 3. The zero-order valence-corrected chi connectivity index (χ0v) is 14.5. The molecule has 0 spiro atoms. The van der Waals surface area contributed by atoms with Crippen molar-refractivity contribution in [2.45, 2.75) is 32.7 Å². The topological polar surface area (TPSA) is 30.5 Å². The van der Waals surface area contributed by atoms with Crippen LogP contribution in [0.2, 0.25) is 0 Å². The average molecular weight is 344 g/mol. The van der Waals surface area contributed by atoms with E-state index in [4.69, 9.17) is 9.47 Å². The molecule has 0 heterocycles. The highest BCUT2D eigenvalue weighted by atomic mass is 79.9. The molecular formula is C16H26BrNO2. The van der Waals surface area contributed by atoms with E-state index in [2.05, 4.69) is 41.2 Å². The Hall–Kier alpha value is -0.580. The number of halogens is 1. The van der Waals surface area contributed by atoms with Crippen LogP contribution < -0.4 is 10.1 Å². The number of likely N-dealkylation sites (N-methyl/N-ethyl adjacent to an activating group) is 1. The number of benzene rings is 1. The Kier molecular flexibility index (Phi) is 8.19. The lowest BCUT2D eigenvalue weighted by atomic mass is 9.96. The highest BCUT2D eigenvalue weighted by Gasteiger charge is 2.15. The first-order valence-electron chi connectivity index (χ1n) is 7.15. The molecule has 0 saturated carbocycles. The number of rotatable bonds is 9. The summed E-state index contributed by atoms with van der Waals surface area (Å²) in [5, 5.41) is 3.56. The van der Waals surface area contributed by atoms with Gasteiger partial charge in [-0.3, -0.25) is 0 Å². The minimum Gasteiger partial charge on any atom is -0.496 e. The van der Waals surface area contributed by atoms with Crippen LogP contribution in [0.25, 0.3) is 0 Å². The molecule has 4 heteroatoms. The van der Waals surface area contributed by atoms with Gasteiger partial charge in [-0.15, -0.1) is 0 Å². The largest absolute Gasteiger partial charge is 0.496 e. The molecule has 0 aliphatic rings. The smallest absolute Gasteiger partial charge is 0.122 e. The normalized spacial score (nSPS) is 14.1.